The number of likely N-dealkylation sites (N-methyl/N-ethyl adjacent to an activating group) is 1. The van der Waals surface area contributed by atoms with Gasteiger partial charge in [-0.25, -0.2) is 0 Å². The van der Waals surface area contributed by atoms with E-state index in [0.29, 0.717) is 0 Å². The zero-order valence-corrected chi connectivity index (χ0v) is 7.30. The van der Waals surface area contributed by atoms with E-state index >= 15 is 0 Å². The standard InChI is InChI=1S/C9H17NO/c1-3-4-5-6-9(10-2)7-8-11/h5-7,10-11H,3-4,8H2,1-2H3/b6-5+,9-7-. The lowest BCUT2D eigenvalue weighted by molar-refractivity contribution is 0.341. The van der Waals surface area contributed by atoms with Crippen molar-refractivity contribution in [3.63, 3.8) is 0 Å². The Morgan fingerprint density at radius 1 is 1.55 bits per heavy atom. The maximum atomic E-state index is 8.57. The molecule has 2 nitrogen and oxygen atoms in total. The maximum Gasteiger partial charge on any atom is 0.0635 e. The van der Waals surface area contributed by atoms with E-state index < -0.39 is 0 Å². The van der Waals surface area contributed by atoms with Gasteiger partial charge in [-0.15, -0.1) is 0 Å². The van der Waals surface area contributed by atoms with E-state index in [2.05, 4.69) is 18.3 Å². The molecule has 0 aliphatic rings. The molecule has 0 bridgehead atoms. The molecule has 0 aromatic carbocycles. The number of unbranched alkanes of at least 4 members (excludes halogenated alkanes) is 1. The molecule has 0 rings (SSSR count). The minimum absolute atomic E-state index is 0.0899. The van der Waals surface area contributed by atoms with Gasteiger partial charge in [-0.05, 0) is 18.6 Å². The zero-order valence-electron chi connectivity index (χ0n) is 7.30. The summed E-state index contributed by atoms with van der Waals surface area (Å²) in [6.45, 7) is 2.23. The van der Waals surface area contributed by atoms with Gasteiger partial charge in [0, 0.05) is 12.7 Å². The van der Waals surface area contributed by atoms with Gasteiger partial charge in [0.05, 0.1) is 6.61 Å². The third-order valence-corrected chi connectivity index (χ3v) is 1.35. The molecule has 0 heterocycles. The lowest BCUT2D eigenvalue weighted by Crippen LogP contribution is -2.03. The number of rotatable bonds is 5. The summed E-state index contributed by atoms with van der Waals surface area (Å²) in [4.78, 5) is 0. The van der Waals surface area contributed by atoms with Gasteiger partial charge in [0.15, 0.2) is 0 Å². The molecule has 0 fully saturated rings. The van der Waals surface area contributed by atoms with E-state index in [9.17, 15) is 0 Å². The molecule has 0 aliphatic heterocycles. The van der Waals surface area contributed by atoms with Crippen molar-refractivity contribution in [3.8, 4) is 0 Å². The van der Waals surface area contributed by atoms with Gasteiger partial charge in [-0.3, -0.25) is 0 Å². The second kappa shape index (κ2) is 7.35. The lowest BCUT2D eigenvalue weighted by Gasteiger charge is -1.98. The van der Waals surface area contributed by atoms with Crippen molar-refractivity contribution < 1.29 is 5.11 Å². The third kappa shape index (κ3) is 5.67. The molecule has 0 unspecified atom stereocenters. The molecule has 2 N–H and O–H groups in total. The molecule has 0 radical (unpaired) electrons. The monoisotopic (exact) mass is 155 g/mol. The van der Waals surface area contributed by atoms with Crippen LogP contribution in [-0.2, 0) is 0 Å². The third-order valence-electron chi connectivity index (χ3n) is 1.35. The van der Waals surface area contributed by atoms with Crippen LogP contribution < -0.4 is 5.32 Å². The van der Waals surface area contributed by atoms with Crippen molar-refractivity contribution in [1.82, 2.24) is 5.32 Å². The molecule has 0 saturated heterocycles. The van der Waals surface area contributed by atoms with Crippen LogP contribution >= 0.6 is 0 Å². The van der Waals surface area contributed by atoms with E-state index in [1.807, 2.05) is 13.1 Å². The van der Waals surface area contributed by atoms with Crippen LogP contribution in [0.25, 0.3) is 0 Å². The van der Waals surface area contributed by atoms with Gasteiger partial charge in [0.2, 0.25) is 0 Å². The first-order chi connectivity index (χ1) is 5.35. The van der Waals surface area contributed by atoms with E-state index in [-0.39, 0.29) is 6.61 Å². The Kier molecular flexibility index (Phi) is 6.84. The summed E-state index contributed by atoms with van der Waals surface area (Å²) in [5.74, 6) is 0. The summed E-state index contributed by atoms with van der Waals surface area (Å²) in [5.41, 5.74) is 0.973. The predicted octanol–water partition coefficient (Wildman–Crippen LogP) is 1.44. The van der Waals surface area contributed by atoms with Crippen LogP contribution in [0.2, 0.25) is 0 Å². The molecule has 0 aromatic heterocycles. The fourth-order valence-corrected chi connectivity index (χ4v) is 0.729. The molecule has 0 aliphatic carbocycles. The SMILES string of the molecule is CCC/C=C/C(=C/CO)NC. The minimum atomic E-state index is 0.0899. The Labute approximate surface area is 68.6 Å². The summed E-state index contributed by atoms with van der Waals surface area (Å²) in [5, 5.41) is 11.6. The first kappa shape index (κ1) is 10.2. The van der Waals surface area contributed by atoms with Gasteiger partial charge in [-0.2, -0.15) is 0 Å². The Bertz CT molecular complexity index is 138. The molecule has 2 heteroatoms. The minimum Gasteiger partial charge on any atom is -0.392 e. The molecule has 11 heavy (non-hydrogen) atoms. The number of hydrogen-bond acceptors (Lipinski definition) is 2. The van der Waals surface area contributed by atoms with Crippen molar-refractivity contribution >= 4 is 0 Å². The highest BCUT2D eigenvalue weighted by molar-refractivity contribution is 5.15. The molecule has 0 saturated carbocycles. The number of hydrogen-bond donors (Lipinski definition) is 2. The molecular formula is C9H17NO. The summed E-state index contributed by atoms with van der Waals surface area (Å²) in [6, 6.07) is 0. The molecule has 0 aromatic rings. The van der Waals surface area contributed by atoms with Crippen LogP contribution in [0.15, 0.2) is 23.9 Å². The molecule has 0 amide bonds. The Morgan fingerprint density at radius 2 is 2.27 bits per heavy atom. The second-order valence-electron chi connectivity index (χ2n) is 2.28. The zero-order chi connectivity index (χ0) is 8.53. The first-order valence-corrected chi connectivity index (χ1v) is 4.00. The lowest BCUT2D eigenvalue weighted by atomic mass is 10.3. The number of aliphatic hydroxyl groups is 1. The smallest absolute Gasteiger partial charge is 0.0635 e. The average Bonchev–Trinajstić information content (AvgIpc) is 2.03. The quantitative estimate of drug-likeness (QED) is 0.589. The van der Waals surface area contributed by atoms with Crippen molar-refractivity contribution in [1.29, 1.82) is 0 Å². The molecule has 64 valence electrons. The molecule has 0 spiro atoms. The van der Waals surface area contributed by atoms with E-state index in [0.717, 1.165) is 18.5 Å². The largest absolute Gasteiger partial charge is 0.392 e. The van der Waals surface area contributed by atoms with Crippen molar-refractivity contribution in [2.45, 2.75) is 19.8 Å². The Hall–Kier alpha value is -0.760. The second-order valence-corrected chi connectivity index (χ2v) is 2.28. The van der Waals surface area contributed by atoms with Crippen LogP contribution in [0.5, 0.6) is 0 Å². The summed E-state index contributed by atoms with van der Waals surface area (Å²) in [7, 11) is 1.85. The van der Waals surface area contributed by atoms with Crippen LogP contribution in [0, 0.1) is 0 Å². The van der Waals surface area contributed by atoms with Gasteiger partial charge >= 0.3 is 0 Å². The fraction of sp³-hybridized carbons (Fsp3) is 0.556. The van der Waals surface area contributed by atoms with Gasteiger partial charge in [0.25, 0.3) is 0 Å². The maximum absolute atomic E-state index is 8.57. The van der Waals surface area contributed by atoms with Crippen molar-refractivity contribution in [2.75, 3.05) is 13.7 Å². The number of nitrogens with one attached hydrogen (secondary N) is 1. The summed E-state index contributed by atoms with van der Waals surface area (Å²) < 4.78 is 0. The number of aliphatic hydroxyl groups excluding tert-OH is 1. The highest BCUT2D eigenvalue weighted by Gasteiger charge is 1.83. The normalized spacial score (nSPS) is 12.5. The topological polar surface area (TPSA) is 32.3 Å². The van der Waals surface area contributed by atoms with Crippen molar-refractivity contribution in [3.05, 3.63) is 23.9 Å². The van der Waals surface area contributed by atoms with E-state index in [1.165, 1.54) is 0 Å². The van der Waals surface area contributed by atoms with Crippen LogP contribution in [0.4, 0.5) is 0 Å². The van der Waals surface area contributed by atoms with Crippen LogP contribution in [0.1, 0.15) is 19.8 Å². The van der Waals surface area contributed by atoms with Crippen molar-refractivity contribution in [2.24, 2.45) is 0 Å². The van der Waals surface area contributed by atoms with E-state index in [1.54, 1.807) is 6.08 Å². The number of allylic oxidation sites excluding steroid dienone is 2. The average molecular weight is 155 g/mol. The molecular weight excluding hydrogens is 138 g/mol. The highest BCUT2D eigenvalue weighted by atomic mass is 16.2. The van der Waals surface area contributed by atoms with Crippen LogP contribution in [0.3, 0.4) is 0 Å². The highest BCUT2D eigenvalue weighted by Crippen LogP contribution is 1.94. The van der Waals surface area contributed by atoms with Gasteiger partial charge in [0.1, 0.15) is 0 Å². The summed E-state index contributed by atoms with van der Waals surface area (Å²) >= 11 is 0. The predicted molar refractivity (Wildman–Crippen MR) is 48.3 cm³/mol. The summed E-state index contributed by atoms with van der Waals surface area (Å²) in [6.07, 6.45) is 8.07. The Morgan fingerprint density at radius 3 is 2.73 bits per heavy atom. The first-order valence-electron chi connectivity index (χ1n) is 4.00. The fourth-order valence-electron chi connectivity index (χ4n) is 0.729. The van der Waals surface area contributed by atoms with Gasteiger partial charge in [-0.1, -0.05) is 19.4 Å². The molecule has 0 atom stereocenters. The Balaban J connectivity index is 3.76. The van der Waals surface area contributed by atoms with Gasteiger partial charge < -0.3 is 10.4 Å². The van der Waals surface area contributed by atoms with E-state index in [4.69, 9.17) is 5.11 Å². The van der Waals surface area contributed by atoms with Crippen LogP contribution in [-0.4, -0.2) is 18.8 Å².